The van der Waals surface area contributed by atoms with Gasteiger partial charge in [0.2, 0.25) is 5.91 Å². The highest BCUT2D eigenvalue weighted by Gasteiger charge is 2.38. The number of carbonyl (C=O) groups excluding carboxylic acids is 1. The molecule has 1 N–H and O–H groups in total. The number of hydrogen-bond donors (Lipinski definition) is 1. The number of carbonyl (C=O) groups is 1. The lowest BCUT2D eigenvalue weighted by Gasteiger charge is -2.24. The van der Waals surface area contributed by atoms with E-state index in [9.17, 15) is 4.79 Å². The van der Waals surface area contributed by atoms with Gasteiger partial charge in [0, 0.05) is 13.1 Å². The third-order valence-electron chi connectivity index (χ3n) is 3.54. The summed E-state index contributed by atoms with van der Waals surface area (Å²) in [6.07, 6.45) is 0. The fourth-order valence-corrected chi connectivity index (χ4v) is 3.70. The standard InChI is InChI=1S/C15H22N2O3S/c1-10-14(18)17(8-7-16-2)15(21-10)11-5-6-12(19-3)13(9-11)20-4/h5-6,9-10,15-16H,7-8H2,1-4H3. The fraction of sp³-hybridized carbons (Fsp3) is 0.533. The smallest absolute Gasteiger partial charge is 0.236 e. The second-order valence-electron chi connectivity index (χ2n) is 4.88. The van der Waals surface area contributed by atoms with E-state index in [1.54, 1.807) is 26.0 Å². The molecule has 2 unspecified atom stereocenters. The molecule has 2 atom stereocenters. The van der Waals surface area contributed by atoms with Crippen LogP contribution < -0.4 is 14.8 Å². The van der Waals surface area contributed by atoms with Gasteiger partial charge in [0.25, 0.3) is 0 Å². The van der Waals surface area contributed by atoms with Crippen LogP contribution in [-0.2, 0) is 4.79 Å². The molecule has 0 radical (unpaired) electrons. The molecule has 5 nitrogen and oxygen atoms in total. The van der Waals surface area contributed by atoms with Crippen molar-refractivity contribution in [2.24, 2.45) is 0 Å². The van der Waals surface area contributed by atoms with Gasteiger partial charge in [-0.05, 0) is 31.7 Å². The molecule has 2 rings (SSSR count). The first-order valence-corrected chi connectivity index (χ1v) is 7.89. The Bertz CT molecular complexity index is 510. The number of rotatable bonds is 6. The van der Waals surface area contributed by atoms with Gasteiger partial charge in [0.15, 0.2) is 11.5 Å². The van der Waals surface area contributed by atoms with Crippen LogP contribution in [0.25, 0.3) is 0 Å². The molecule has 0 aromatic heterocycles. The monoisotopic (exact) mass is 310 g/mol. The Morgan fingerprint density at radius 1 is 1.29 bits per heavy atom. The topological polar surface area (TPSA) is 50.8 Å². The van der Waals surface area contributed by atoms with Crippen molar-refractivity contribution < 1.29 is 14.3 Å². The van der Waals surface area contributed by atoms with Gasteiger partial charge < -0.3 is 19.7 Å². The van der Waals surface area contributed by atoms with Gasteiger partial charge in [-0.15, -0.1) is 11.8 Å². The summed E-state index contributed by atoms with van der Waals surface area (Å²) in [5.41, 5.74) is 1.06. The zero-order valence-electron chi connectivity index (χ0n) is 12.9. The highest BCUT2D eigenvalue weighted by Crippen LogP contribution is 2.44. The average Bonchev–Trinajstić information content (AvgIpc) is 2.79. The van der Waals surface area contributed by atoms with Crippen molar-refractivity contribution in [3.8, 4) is 11.5 Å². The first-order valence-electron chi connectivity index (χ1n) is 6.94. The number of benzene rings is 1. The lowest BCUT2D eigenvalue weighted by atomic mass is 10.1. The molecule has 0 bridgehead atoms. The van der Waals surface area contributed by atoms with Crippen LogP contribution in [0.4, 0.5) is 0 Å². The summed E-state index contributed by atoms with van der Waals surface area (Å²) in [5.74, 6) is 1.58. The summed E-state index contributed by atoms with van der Waals surface area (Å²) in [7, 11) is 5.13. The van der Waals surface area contributed by atoms with Crippen LogP contribution in [0, 0.1) is 0 Å². The summed E-state index contributed by atoms with van der Waals surface area (Å²) < 4.78 is 10.6. The Morgan fingerprint density at radius 2 is 2.00 bits per heavy atom. The van der Waals surface area contributed by atoms with Gasteiger partial charge in [0.1, 0.15) is 5.37 Å². The Balaban J connectivity index is 2.28. The molecule has 1 aromatic carbocycles. The maximum Gasteiger partial charge on any atom is 0.236 e. The molecule has 1 heterocycles. The zero-order chi connectivity index (χ0) is 15.4. The molecule has 0 spiro atoms. The molecule has 1 amide bonds. The van der Waals surface area contributed by atoms with Gasteiger partial charge >= 0.3 is 0 Å². The minimum absolute atomic E-state index is 0.0139. The van der Waals surface area contributed by atoms with E-state index in [1.165, 1.54) is 0 Å². The predicted molar refractivity (Wildman–Crippen MR) is 85.0 cm³/mol. The molecule has 1 saturated heterocycles. The SMILES string of the molecule is CNCCN1C(=O)C(C)SC1c1ccc(OC)c(OC)c1. The third-order valence-corrected chi connectivity index (χ3v) is 4.94. The molecule has 1 fully saturated rings. The van der Waals surface area contributed by atoms with Gasteiger partial charge in [-0.2, -0.15) is 0 Å². The Kier molecular flexibility index (Phi) is 5.36. The van der Waals surface area contributed by atoms with Gasteiger partial charge in [-0.3, -0.25) is 4.79 Å². The Labute approximate surface area is 130 Å². The van der Waals surface area contributed by atoms with Crippen molar-refractivity contribution in [3.05, 3.63) is 23.8 Å². The van der Waals surface area contributed by atoms with Crippen LogP contribution in [0.3, 0.4) is 0 Å². The summed E-state index contributed by atoms with van der Waals surface area (Å²) in [4.78, 5) is 14.2. The molecule has 6 heteroatoms. The number of thioether (sulfide) groups is 1. The number of amides is 1. The van der Waals surface area contributed by atoms with Crippen LogP contribution in [0.1, 0.15) is 17.9 Å². The molecule has 0 aliphatic carbocycles. The lowest BCUT2D eigenvalue weighted by molar-refractivity contribution is -0.129. The first kappa shape index (κ1) is 16.0. The normalized spacial score (nSPS) is 21.7. The van der Waals surface area contributed by atoms with Crippen LogP contribution in [-0.4, -0.2) is 50.4 Å². The average molecular weight is 310 g/mol. The zero-order valence-corrected chi connectivity index (χ0v) is 13.7. The van der Waals surface area contributed by atoms with E-state index < -0.39 is 0 Å². The van der Waals surface area contributed by atoms with Crippen molar-refractivity contribution in [1.29, 1.82) is 0 Å². The summed E-state index contributed by atoms with van der Waals surface area (Å²) in [5, 5.41) is 3.11. The van der Waals surface area contributed by atoms with E-state index in [0.717, 1.165) is 12.1 Å². The number of nitrogens with one attached hydrogen (secondary N) is 1. The first-order chi connectivity index (χ1) is 10.1. The number of ether oxygens (including phenoxy) is 2. The highest BCUT2D eigenvalue weighted by atomic mass is 32.2. The van der Waals surface area contributed by atoms with Crippen LogP contribution in [0.5, 0.6) is 11.5 Å². The molecule has 1 aromatic rings. The van der Waals surface area contributed by atoms with E-state index in [4.69, 9.17) is 9.47 Å². The van der Waals surface area contributed by atoms with Crippen LogP contribution >= 0.6 is 11.8 Å². The van der Waals surface area contributed by atoms with Crippen LogP contribution in [0.15, 0.2) is 18.2 Å². The number of likely N-dealkylation sites (N-methyl/N-ethyl adjacent to an activating group) is 1. The fourth-order valence-electron chi connectivity index (χ4n) is 2.40. The summed E-state index contributed by atoms with van der Waals surface area (Å²) in [6.45, 7) is 3.44. The molecular formula is C15H22N2O3S. The van der Waals surface area contributed by atoms with E-state index in [2.05, 4.69) is 5.32 Å². The van der Waals surface area contributed by atoms with Gasteiger partial charge in [0.05, 0.1) is 19.5 Å². The van der Waals surface area contributed by atoms with Crippen molar-refractivity contribution >= 4 is 17.7 Å². The maximum absolute atomic E-state index is 12.3. The van der Waals surface area contributed by atoms with Crippen molar-refractivity contribution in [2.75, 3.05) is 34.4 Å². The van der Waals surface area contributed by atoms with E-state index in [-0.39, 0.29) is 16.5 Å². The number of hydrogen-bond acceptors (Lipinski definition) is 5. The number of nitrogens with zero attached hydrogens (tertiary/aromatic N) is 1. The summed E-state index contributed by atoms with van der Waals surface area (Å²) >= 11 is 1.67. The predicted octanol–water partition coefficient (Wildman–Crippen LogP) is 1.89. The molecule has 1 aliphatic heterocycles. The number of methoxy groups -OCH3 is 2. The summed E-state index contributed by atoms with van der Waals surface area (Å²) in [6, 6.07) is 5.84. The molecule has 116 valence electrons. The van der Waals surface area contributed by atoms with Crippen molar-refractivity contribution in [2.45, 2.75) is 17.5 Å². The highest BCUT2D eigenvalue weighted by molar-refractivity contribution is 8.01. The molecular weight excluding hydrogens is 288 g/mol. The van der Waals surface area contributed by atoms with Crippen LogP contribution in [0.2, 0.25) is 0 Å². The van der Waals surface area contributed by atoms with Gasteiger partial charge in [-0.25, -0.2) is 0 Å². The molecule has 21 heavy (non-hydrogen) atoms. The van der Waals surface area contributed by atoms with E-state index in [0.29, 0.717) is 18.0 Å². The minimum Gasteiger partial charge on any atom is -0.493 e. The second kappa shape index (κ2) is 7.04. The Hall–Kier alpha value is -1.40. The minimum atomic E-state index is -0.0139. The second-order valence-corrected chi connectivity index (χ2v) is 6.31. The van der Waals surface area contributed by atoms with Gasteiger partial charge in [-0.1, -0.05) is 6.07 Å². The quantitative estimate of drug-likeness (QED) is 0.869. The lowest BCUT2D eigenvalue weighted by Crippen LogP contribution is -2.35. The van der Waals surface area contributed by atoms with Crippen molar-refractivity contribution in [1.82, 2.24) is 10.2 Å². The third kappa shape index (κ3) is 3.27. The largest absolute Gasteiger partial charge is 0.493 e. The van der Waals surface area contributed by atoms with Crippen molar-refractivity contribution in [3.63, 3.8) is 0 Å². The Morgan fingerprint density at radius 3 is 2.62 bits per heavy atom. The maximum atomic E-state index is 12.3. The van der Waals surface area contributed by atoms with E-state index in [1.807, 2.05) is 37.1 Å². The molecule has 1 aliphatic rings. The molecule has 0 saturated carbocycles. The van der Waals surface area contributed by atoms with E-state index >= 15 is 0 Å².